The molecule has 2 nitrogen and oxygen atoms in total. The molecule has 0 heterocycles. The summed E-state index contributed by atoms with van der Waals surface area (Å²) in [6.45, 7) is 6.57. The van der Waals surface area contributed by atoms with Crippen molar-refractivity contribution < 1.29 is 4.79 Å². The molecular weight excluding hydrogens is 222 g/mol. The second-order valence-corrected chi connectivity index (χ2v) is 6.14. The Kier molecular flexibility index (Phi) is 5.84. The van der Waals surface area contributed by atoms with Crippen molar-refractivity contribution in [3.63, 3.8) is 0 Å². The smallest absolute Gasteiger partial charge is 0.156 e. The topological polar surface area (TPSA) is 20.3 Å². The largest absolute Gasteiger partial charge is 0.297 e. The Bertz CT molecular complexity index is 268. The van der Waals surface area contributed by atoms with Crippen LogP contribution in [0.4, 0.5) is 0 Å². The van der Waals surface area contributed by atoms with Gasteiger partial charge < -0.3 is 0 Å². The van der Waals surface area contributed by atoms with Crippen LogP contribution in [0.5, 0.6) is 0 Å². The van der Waals surface area contributed by atoms with E-state index in [-0.39, 0.29) is 5.54 Å². The number of ketones is 1. The van der Waals surface area contributed by atoms with Gasteiger partial charge in [0.15, 0.2) is 5.78 Å². The van der Waals surface area contributed by atoms with Gasteiger partial charge in [0.05, 0.1) is 5.54 Å². The Morgan fingerprint density at radius 1 is 1.17 bits per heavy atom. The fraction of sp³-hybridized carbons (Fsp3) is 0.938. The van der Waals surface area contributed by atoms with Crippen molar-refractivity contribution in [3.8, 4) is 0 Å². The summed E-state index contributed by atoms with van der Waals surface area (Å²) in [7, 11) is 4.12. The average Bonchev–Trinajstić information content (AvgIpc) is 2.40. The number of Topliss-reactive ketones (excluding diaryl/α,β-unsaturated/α-hetero) is 1. The molecule has 0 spiro atoms. The van der Waals surface area contributed by atoms with Gasteiger partial charge in [0.1, 0.15) is 0 Å². The highest BCUT2D eigenvalue weighted by molar-refractivity contribution is 5.90. The van der Waals surface area contributed by atoms with Gasteiger partial charge in [-0.05, 0) is 45.7 Å². The van der Waals surface area contributed by atoms with Gasteiger partial charge in [-0.1, -0.05) is 40.0 Å². The summed E-state index contributed by atoms with van der Waals surface area (Å²) in [6.07, 6.45) is 7.91. The number of carbonyl (C=O) groups is 1. The van der Waals surface area contributed by atoms with Crippen molar-refractivity contribution in [1.82, 2.24) is 4.90 Å². The van der Waals surface area contributed by atoms with Crippen molar-refractivity contribution in [2.75, 3.05) is 14.1 Å². The number of rotatable bonds is 6. The van der Waals surface area contributed by atoms with Crippen LogP contribution in [0.15, 0.2) is 0 Å². The lowest BCUT2D eigenvalue weighted by molar-refractivity contribution is -0.136. The Morgan fingerprint density at radius 2 is 1.78 bits per heavy atom. The van der Waals surface area contributed by atoms with Gasteiger partial charge in [-0.2, -0.15) is 0 Å². The third kappa shape index (κ3) is 2.96. The maximum absolute atomic E-state index is 12.9. The Morgan fingerprint density at radius 3 is 2.22 bits per heavy atom. The van der Waals surface area contributed by atoms with Gasteiger partial charge in [0.2, 0.25) is 0 Å². The first-order valence-electron chi connectivity index (χ1n) is 7.73. The molecule has 0 aromatic rings. The molecule has 1 aliphatic carbocycles. The second-order valence-electron chi connectivity index (χ2n) is 6.14. The zero-order valence-electron chi connectivity index (χ0n) is 13.0. The molecule has 0 aliphatic heterocycles. The number of nitrogens with zero attached hydrogens (tertiary/aromatic N) is 1. The number of hydrogen-bond donors (Lipinski definition) is 0. The molecular formula is C16H31NO. The molecule has 0 aromatic heterocycles. The zero-order chi connectivity index (χ0) is 13.8. The van der Waals surface area contributed by atoms with Crippen molar-refractivity contribution >= 4 is 5.78 Å². The van der Waals surface area contributed by atoms with Gasteiger partial charge in [0, 0.05) is 5.92 Å². The number of hydrogen-bond acceptors (Lipinski definition) is 2. The molecule has 2 unspecified atom stereocenters. The van der Waals surface area contributed by atoms with E-state index in [1.807, 2.05) is 0 Å². The molecule has 1 fully saturated rings. The first-order valence-corrected chi connectivity index (χ1v) is 7.73. The quantitative estimate of drug-likeness (QED) is 0.715. The number of carbonyl (C=O) groups excluding carboxylic acids is 1. The minimum atomic E-state index is -0.222. The molecule has 0 radical (unpaired) electrons. The Hall–Kier alpha value is -0.370. The summed E-state index contributed by atoms with van der Waals surface area (Å²) in [6, 6.07) is 0. The molecule has 1 saturated carbocycles. The van der Waals surface area contributed by atoms with Crippen LogP contribution in [0.25, 0.3) is 0 Å². The highest BCUT2D eigenvalue weighted by Crippen LogP contribution is 2.36. The molecule has 0 amide bonds. The summed E-state index contributed by atoms with van der Waals surface area (Å²) in [4.78, 5) is 15.1. The average molecular weight is 253 g/mol. The van der Waals surface area contributed by atoms with Crippen molar-refractivity contribution in [2.24, 2.45) is 11.8 Å². The predicted octanol–water partition coefficient (Wildman–Crippen LogP) is 3.89. The van der Waals surface area contributed by atoms with Crippen LogP contribution in [0.2, 0.25) is 0 Å². The third-order valence-corrected chi connectivity index (χ3v) is 5.22. The molecule has 0 bridgehead atoms. The Labute approximate surface area is 113 Å². The van der Waals surface area contributed by atoms with Crippen LogP contribution in [0.1, 0.15) is 65.7 Å². The summed E-state index contributed by atoms with van der Waals surface area (Å²) >= 11 is 0. The van der Waals surface area contributed by atoms with Crippen LogP contribution in [0, 0.1) is 11.8 Å². The van der Waals surface area contributed by atoms with Gasteiger partial charge in [-0.3, -0.25) is 9.69 Å². The molecule has 1 rings (SSSR count). The lowest BCUT2D eigenvalue weighted by Crippen LogP contribution is -2.53. The lowest BCUT2D eigenvalue weighted by atomic mass is 9.71. The molecule has 18 heavy (non-hydrogen) atoms. The number of likely N-dealkylation sites (N-methyl/N-ethyl adjacent to an activating group) is 1. The van der Waals surface area contributed by atoms with E-state index in [0.717, 1.165) is 31.6 Å². The van der Waals surface area contributed by atoms with E-state index in [2.05, 4.69) is 39.8 Å². The molecule has 2 heteroatoms. The summed E-state index contributed by atoms with van der Waals surface area (Å²) < 4.78 is 0. The molecule has 1 aliphatic rings. The first-order chi connectivity index (χ1) is 8.51. The fourth-order valence-electron chi connectivity index (χ4n) is 3.73. The highest BCUT2D eigenvalue weighted by atomic mass is 16.1. The van der Waals surface area contributed by atoms with E-state index in [9.17, 15) is 4.79 Å². The highest BCUT2D eigenvalue weighted by Gasteiger charge is 2.41. The molecule has 0 N–H and O–H groups in total. The van der Waals surface area contributed by atoms with E-state index in [1.165, 1.54) is 19.3 Å². The van der Waals surface area contributed by atoms with E-state index in [1.54, 1.807) is 0 Å². The van der Waals surface area contributed by atoms with E-state index < -0.39 is 0 Å². The van der Waals surface area contributed by atoms with Gasteiger partial charge in [0.25, 0.3) is 0 Å². The van der Waals surface area contributed by atoms with Gasteiger partial charge in [-0.15, -0.1) is 0 Å². The van der Waals surface area contributed by atoms with Gasteiger partial charge in [-0.25, -0.2) is 0 Å². The van der Waals surface area contributed by atoms with Crippen LogP contribution in [-0.2, 0) is 4.79 Å². The molecule has 0 saturated heterocycles. The van der Waals surface area contributed by atoms with Crippen molar-refractivity contribution in [2.45, 2.75) is 71.3 Å². The molecule has 106 valence electrons. The van der Waals surface area contributed by atoms with E-state index >= 15 is 0 Å². The summed E-state index contributed by atoms with van der Waals surface area (Å²) in [5.41, 5.74) is -0.222. The third-order valence-electron chi connectivity index (χ3n) is 5.22. The lowest BCUT2D eigenvalue weighted by Gasteiger charge is -2.41. The van der Waals surface area contributed by atoms with Crippen LogP contribution >= 0.6 is 0 Å². The second kappa shape index (κ2) is 6.70. The molecule has 2 atom stereocenters. The van der Waals surface area contributed by atoms with E-state index in [4.69, 9.17) is 0 Å². The van der Waals surface area contributed by atoms with Crippen molar-refractivity contribution in [1.29, 1.82) is 0 Å². The van der Waals surface area contributed by atoms with Crippen LogP contribution in [0.3, 0.4) is 0 Å². The monoisotopic (exact) mass is 253 g/mol. The van der Waals surface area contributed by atoms with Gasteiger partial charge >= 0.3 is 0 Å². The predicted molar refractivity (Wildman–Crippen MR) is 77.7 cm³/mol. The fourth-order valence-corrected chi connectivity index (χ4v) is 3.73. The summed E-state index contributed by atoms with van der Waals surface area (Å²) in [5.74, 6) is 1.60. The maximum atomic E-state index is 12.9. The normalized spacial score (nSPS) is 25.4. The van der Waals surface area contributed by atoms with Crippen LogP contribution in [-0.4, -0.2) is 30.3 Å². The Balaban J connectivity index is 2.83. The minimum absolute atomic E-state index is 0.222. The van der Waals surface area contributed by atoms with Crippen LogP contribution < -0.4 is 0 Å². The first kappa shape index (κ1) is 15.7. The van der Waals surface area contributed by atoms with E-state index in [0.29, 0.717) is 11.7 Å². The maximum Gasteiger partial charge on any atom is 0.156 e. The SMILES string of the molecule is CCC1CCCC(C(=O)C(CC)(CC)N(C)C)C1. The molecule has 0 aromatic carbocycles. The zero-order valence-corrected chi connectivity index (χ0v) is 13.0. The standard InChI is InChI=1S/C16H31NO/c1-6-13-10-9-11-14(12-13)15(18)16(7-2,8-3)17(4)5/h13-14H,6-12H2,1-5H3. The summed E-state index contributed by atoms with van der Waals surface area (Å²) in [5, 5.41) is 0. The van der Waals surface area contributed by atoms with Crippen molar-refractivity contribution in [3.05, 3.63) is 0 Å². The minimum Gasteiger partial charge on any atom is -0.297 e.